The number of ketones is 1. The topological polar surface area (TPSA) is 57.7 Å². The van der Waals surface area contributed by atoms with Crippen molar-refractivity contribution in [1.82, 2.24) is 9.88 Å². The van der Waals surface area contributed by atoms with E-state index in [2.05, 4.69) is 69.7 Å². The maximum Gasteiger partial charge on any atom is 0.182 e. The molecule has 0 aliphatic carbocycles. The standard InChI is InChI=1S/C31H32N4O2/c1-37-25-13-10-24(11-14-25)30(36)29(28-15-12-23-7-3-5-9-27(23)33-28)34-18-20-35(21-19-34)31-26-8-4-2-6-22(26)16-17-32-31/h2-11,13-14,16-17,28-29,33H,12,15,18-21H2,1H3. The van der Waals surface area contributed by atoms with E-state index in [-0.39, 0.29) is 17.9 Å². The number of methoxy groups -OCH3 is 1. The number of rotatable bonds is 6. The SMILES string of the molecule is COc1ccc(C(=O)C(C2CCc3ccccc3N2)N2CCN(c3nccc4ccccc34)CC2)cc1. The van der Waals surface area contributed by atoms with E-state index in [1.807, 2.05) is 30.5 Å². The van der Waals surface area contributed by atoms with Crippen molar-refractivity contribution in [2.45, 2.75) is 24.9 Å². The second-order valence-electron chi connectivity index (χ2n) is 9.86. The second kappa shape index (κ2) is 10.2. The first-order chi connectivity index (χ1) is 18.2. The summed E-state index contributed by atoms with van der Waals surface area (Å²) in [4.78, 5) is 23.5. The van der Waals surface area contributed by atoms with Crippen molar-refractivity contribution in [2.75, 3.05) is 43.5 Å². The third kappa shape index (κ3) is 4.65. The van der Waals surface area contributed by atoms with Gasteiger partial charge < -0.3 is 15.0 Å². The van der Waals surface area contributed by atoms with Gasteiger partial charge in [0.05, 0.1) is 13.2 Å². The summed E-state index contributed by atoms with van der Waals surface area (Å²) in [6.45, 7) is 3.27. The third-order valence-corrected chi connectivity index (χ3v) is 7.77. The van der Waals surface area contributed by atoms with Crippen molar-refractivity contribution < 1.29 is 9.53 Å². The second-order valence-corrected chi connectivity index (χ2v) is 9.86. The van der Waals surface area contributed by atoms with Crippen molar-refractivity contribution in [3.8, 4) is 5.75 Å². The first kappa shape index (κ1) is 23.5. The van der Waals surface area contributed by atoms with E-state index in [9.17, 15) is 4.79 Å². The van der Waals surface area contributed by atoms with Gasteiger partial charge in [0, 0.05) is 55.1 Å². The Morgan fingerprint density at radius 1 is 0.946 bits per heavy atom. The number of benzene rings is 3. The molecule has 0 bridgehead atoms. The highest BCUT2D eigenvalue weighted by Crippen LogP contribution is 2.30. The van der Waals surface area contributed by atoms with Crippen molar-refractivity contribution in [1.29, 1.82) is 0 Å². The van der Waals surface area contributed by atoms with Crippen LogP contribution in [0.15, 0.2) is 85.1 Å². The van der Waals surface area contributed by atoms with Gasteiger partial charge >= 0.3 is 0 Å². The maximum absolute atomic E-state index is 14.0. The van der Waals surface area contributed by atoms with Gasteiger partial charge in [0.15, 0.2) is 5.78 Å². The van der Waals surface area contributed by atoms with Crippen molar-refractivity contribution in [3.63, 3.8) is 0 Å². The van der Waals surface area contributed by atoms with Crippen molar-refractivity contribution >= 4 is 28.1 Å². The number of carbonyl (C=O) groups excluding carboxylic acids is 1. The van der Waals surface area contributed by atoms with Gasteiger partial charge in [0.2, 0.25) is 0 Å². The Balaban J connectivity index is 1.26. The van der Waals surface area contributed by atoms with Gasteiger partial charge in [-0.2, -0.15) is 0 Å². The van der Waals surface area contributed by atoms with Gasteiger partial charge in [-0.1, -0.05) is 42.5 Å². The fourth-order valence-corrected chi connectivity index (χ4v) is 5.80. The summed E-state index contributed by atoms with van der Waals surface area (Å²) in [5, 5.41) is 6.10. The molecule has 2 atom stereocenters. The number of nitrogens with zero attached hydrogens (tertiary/aromatic N) is 3. The van der Waals surface area contributed by atoms with E-state index in [4.69, 9.17) is 9.72 Å². The fraction of sp³-hybridized carbons (Fsp3) is 0.290. The van der Waals surface area contributed by atoms with Crippen LogP contribution in [0.25, 0.3) is 10.8 Å². The Labute approximate surface area is 217 Å². The molecule has 0 spiro atoms. The van der Waals surface area contributed by atoms with Crippen LogP contribution in [-0.2, 0) is 6.42 Å². The minimum Gasteiger partial charge on any atom is -0.497 e. The van der Waals surface area contributed by atoms with Crippen LogP contribution < -0.4 is 15.0 Å². The van der Waals surface area contributed by atoms with Crippen molar-refractivity contribution in [3.05, 3.63) is 96.2 Å². The van der Waals surface area contributed by atoms with Crippen LogP contribution in [0.1, 0.15) is 22.3 Å². The Morgan fingerprint density at radius 3 is 2.51 bits per heavy atom. The number of pyridine rings is 1. The first-order valence-electron chi connectivity index (χ1n) is 13.1. The van der Waals surface area contributed by atoms with E-state index < -0.39 is 0 Å². The highest BCUT2D eigenvalue weighted by molar-refractivity contribution is 6.01. The Hall–Kier alpha value is -3.90. The Morgan fingerprint density at radius 2 is 1.70 bits per heavy atom. The maximum atomic E-state index is 14.0. The van der Waals surface area contributed by atoms with Crippen LogP contribution in [0.3, 0.4) is 0 Å². The van der Waals surface area contributed by atoms with E-state index in [0.717, 1.165) is 61.8 Å². The van der Waals surface area contributed by atoms with Gasteiger partial charge in [-0.3, -0.25) is 9.69 Å². The molecule has 1 fully saturated rings. The molecule has 4 aromatic rings. The summed E-state index contributed by atoms with van der Waals surface area (Å²) >= 11 is 0. The van der Waals surface area contributed by atoms with E-state index in [1.165, 1.54) is 16.3 Å². The number of fused-ring (bicyclic) bond motifs is 2. The number of hydrogen-bond acceptors (Lipinski definition) is 6. The molecule has 6 heteroatoms. The van der Waals surface area contributed by atoms with E-state index in [0.29, 0.717) is 0 Å². The van der Waals surface area contributed by atoms with Gasteiger partial charge in [-0.05, 0) is 60.2 Å². The molecule has 1 N–H and O–H groups in total. The summed E-state index contributed by atoms with van der Waals surface area (Å²) < 4.78 is 5.32. The number of para-hydroxylation sites is 1. The molecule has 37 heavy (non-hydrogen) atoms. The van der Waals surface area contributed by atoms with Crippen LogP contribution in [0.2, 0.25) is 0 Å². The zero-order chi connectivity index (χ0) is 25.2. The van der Waals surface area contributed by atoms with Crippen LogP contribution in [0.4, 0.5) is 11.5 Å². The quantitative estimate of drug-likeness (QED) is 0.381. The average molecular weight is 493 g/mol. The molecule has 1 saturated heterocycles. The van der Waals surface area contributed by atoms with E-state index >= 15 is 0 Å². The molecule has 3 aromatic carbocycles. The summed E-state index contributed by atoms with van der Waals surface area (Å²) in [5.41, 5.74) is 3.19. The molecule has 0 radical (unpaired) electrons. The first-order valence-corrected chi connectivity index (χ1v) is 13.1. The molecule has 2 aliphatic heterocycles. The van der Waals surface area contributed by atoms with Crippen LogP contribution in [0, 0.1) is 0 Å². The summed E-state index contributed by atoms with van der Waals surface area (Å²) in [6, 6.07) is 26.2. The third-order valence-electron chi connectivity index (χ3n) is 7.77. The van der Waals surface area contributed by atoms with Gasteiger partial charge in [0.25, 0.3) is 0 Å². The Bertz CT molecular complexity index is 1390. The number of ether oxygens (including phenoxy) is 1. The molecule has 0 amide bonds. The molecule has 2 unspecified atom stereocenters. The number of Topliss-reactive ketones (excluding diaryl/α,β-unsaturated/α-hetero) is 1. The molecule has 0 saturated carbocycles. The smallest absolute Gasteiger partial charge is 0.182 e. The molecule has 3 heterocycles. The number of hydrogen-bond donors (Lipinski definition) is 1. The zero-order valence-corrected chi connectivity index (χ0v) is 21.1. The van der Waals surface area contributed by atoms with Crippen molar-refractivity contribution in [2.24, 2.45) is 0 Å². The number of carbonyl (C=O) groups is 1. The van der Waals surface area contributed by atoms with Crippen LogP contribution in [-0.4, -0.2) is 61.0 Å². The van der Waals surface area contributed by atoms with Crippen LogP contribution in [0.5, 0.6) is 5.75 Å². The Kier molecular flexibility index (Phi) is 6.49. The summed E-state index contributed by atoms with van der Waals surface area (Å²) in [7, 11) is 1.65. The lowest BCUT2D eigenvalue weighted by Gasteiger charge is -2.43. The highest BCUT2D eigenvalue weighted by Gasteiger charge is 2.37. The predicted octanol–water partition coefficient (Wildman–Crippen LogP) is 5.04. The number of piperazine rings is 1. The number of aryl methyl sites for hydroxylation is 1. The number of nitrogens with one attached hydrogen (secondary N) is 1. The summed E-state index contributed by atoms with van der Waals surface area (Å²) in [6.07, 6.45) is 3.79. The molecule has 2 aliphatic rings. The monoisotopic (exact) mass is 492 g/mol. The molecule has 6 nitrogen and oxygen atoms in total. The van der Waals surface area contributed by atoms with Gasteiger partial charge in [-0.25, -0.2) is 4.98 Å². The molecule has 188 valence electrons. The largest absolute Gasteiger partial charge is 0.497 e. The van der Waals surface area contributed by atoms with Gasteiger partial charge in [0.1, 0.15) is 11.6 Å². The highest BCUT2D eigenvalue weighted by atomic mass is 16.5. The molecule has 6 rings (SSSR count). The molecular weight excluding hydrogens is 460 g/mol. The van der Waals surface area contributed by atoms with Gasteiger partial charge in [-0.15, -0.1) is 0 Å². The lowest BCUT2D eigenvalue weighted by atomic mass is 9.88. The number of anilines is 2. The normalized spacial score (nSPS) is 18.6. The summed E-state index contributed by atoms with van der Waals surface area (Å²) in [5.74, 6) is 1.95. The average Bonchev–Trinajstić information content (AvgIpc) is 2.97. The van der Waals surface area contributed by atoms with Crippen LogP contribution >= 0.6 is 0 Å². The minimum absolute atomic E-state index is 0.0479. The molecule has 1 aromatic heterocycles. The lowest BCUT2D eigenvalue weighted by Crippen LogP contribution is -2.58. The van der Waals surface area contributed by atoms with E-state index in [1.54, 1.807) is 7.11 Å². The molecular formula is C31H32N4O2. The number of aromatic nitrogens is 1. The fourth-order valence-electron chi connectivity index (χ4n) is 5.80. The predicted molar refractivity (Wildman–Crippen MR) is 149 cm³/mol. The minimum atomic E-state index is -0.246. The lowest BCUT2D eigenvalue weighted by molar-refractivity contribution is 0.0771. The zero-order valence-electron chi connectivity index (χ0n) is 21.1.